The average Bonchev–Trinajstić information content (AvgIpc) is 3.36. The van der Waals surface area contributed by atoms with Crippen LogP contribution in [0.5, 0.6) is 5.75 Å². The van der Waals surface area contributed by atoms with Gasteiger partial charge in [-0.25, -0.2) is 14.4 Å². The Morgan fingerprint density at radius 1 is 1.09 bits per heavy atom. The minimum Gasteiger partial charge on any atom is -0.494 e. The summed E-state index contributed by atoms with van der Waals surface area (Å²) in [4.78, 5) is 16.9. The topological polar surface area (TPSA) is 81.9 Å². The van der Waals surface area contributed by atoms with E-state index in [2.05, 4.69) is 67.0 Å². The van der Waals surface area contributed by atoms with Crippen LogP contribution in [-0.4, -0.2) is 95.5 Å². The number of anilines is 3. The molecule has 0 atom stereocenters. The van der Waals surface area contributed by atoms with E-state index in [0.29, 0.717) is 34.1 Å². The Kier molecular flexibility index (Phi) is 8.85. The Morgan fingerprint density at radius 3 is 2.58 bits per heavy atom. The van der Waals surface area contributed by atoms with Crippen LogP contribution in [0.25, 0.3) is 22.2 Å². The lowest BCUT2D eigenvalue weighted by molar-refractivity contribution is 0.0982. The third-order valence-electron chi connectivity index (χ3n) is 8.81. The van der Waals surface area contributed by atoms with Gasteiger partial charge in [-0.1, -0.05) is 0 Å². The summed E-state index contributed by atoms with van der Waals surface area (Å²) in [6.45, 7) is 9.18. The van der Waals surface area contributed by atoms with Gasteiger partial charge in [-0.05, 0) is 72.6 Å². The average molecular weight is 653 g/mol. The maximum atomic E-state index is 14.3. The first-order chi connectivity index (χ1) is 20.8. The lowest BCUT2D eigenvalue weighted by atomic mass is 10.0. The monoisotopic (exact) mass is 651 g/mol. The number of benzene rings is 2. The lowest BCUT2D eigenvalue weighted by Crippen LogP contribution is -2.52. The minimum absolute atomic E-state index is 0.0260. The van der Waals surface area contributed by atoms with Gasteiger partial charge >= 0.3 is 0 Å². The summed E-state index contributed by atoms with van der Waals surface area (Å²) in [7, 11) is 3.88. The molecule has 2 aliphatic rings. The summed E-state index contributed by atoms with van der Waals surface area (Å²) in [6, 6.07) is 9.51. The number of aliphatic hydroxyl groups is 1. The highest BCUT2D eigenvalue weighted by molar-refractivity contribution is 9.10. The molecule has 0 amide bonds. The first-order valence-electron chi connectivity index (χ1n) is 14.9. The van der Waals surface area contributed by atoms with Crippen LogP contribution in [-0.2, 0) is 6.54 Å². The normalized spacial score (nSPS) is 17.1. The van der Waals surface area contributed by atoms with Crippen molar-refractivity contribution in [1.29, 1.82) is 0 Å². The van der Waals surface area contributed by atoms with Crippen LogP contribution < -0.4 is 15.0 Å². The zero-order valence-electron chi connectivity index (χ0n) is 25.0. The minimum atomic E-state index is -0.331. The molecule has 0 radical (unpaired) electrons. The fourth-order valence-electron chi connectivity index (χ4n) is 6.43. The molecule has 4 heterocycles. The molecular formula is C32H39BrFN7O2. The SMILES string of the molecule is COc1cc(N2CCC(N3CCN(C)CC3)CC2)c(C)cc1Nc1ncc(Br)c(-c2cn(CCO)c3ccc(F)cc23)n1. The van der Waals surface area contributed by atoms with Gasteiger partial charge in [0, 0.05) is 92.5 Å². The lowest BCUT2D eigenvalue weighted by Gasteiger charge is -2.43. The molecule has 2 aromatic carbocycles. The second-order valence-corrected chi connectivity index (χ2v) is 12.4. The quantitative estimate of drug-likeness (QED) is 0.267. The van der Waals surface area contributed by atoms with Crippen molar-refractivity contribution >= 4 is 44.2 Å². The standard InChI is InChI=1S/C32H39BrFN7O2/c1-21-16-27(30(43-3)18-29(21)40-8-6-23(7-9-40)39-12-10-38(2)11-13-39)36-32-35-19-26(33)31(37-32)25-20-41(14-15-42)28-5-4-22(34)17-24(25)28/h4-5,16-20,23,42H,6-15H2,1-3H3,(H,35,36,37). The molecular weight excluding hydrogens is 613 g/mol. The summed E-state index contributed by atoms with van der Waals surface area (Å²) in [6.07, 6.45) is 5.92. The number of piperidine rings is 1. The van der Waals surface area contributed by atoms with E-state index >= 15 is 0 Å². The van der Waals surface area contributed by atoms with Crippen LogP contribution in [0.3, 0.4) is 0 Å². The van der Waals surface area contributed by atoms with Crippen molar-refractivity contribution in [1.82, 2.24) is 24.3 Å². The van der Waals surface area contributed by atoms with E-state index < -0.39 is 0 Å². The van der Waals surface area contributed by atoms with Crippen molar-refractivity contribution in [2.45, 2.75) is 32.4 Å². The molecule has 0 saturated carbocycles. The molecule has 43 heavy (non-hydrogen) atoms. The summed E-state index contributed by atoms with van der Waals surface area (Å²) < 4.78 is 22.7. The number of methoxy groups -OCH3 is 1. The number of rotatable bonds is 8. The maximum Gasteiger partial charge on any atom is 0.227 e. The molecule has 2 N–H and O–H groups in total. The van der Waals surface area contributed by atoms with Crippen molar-refractivity contribution in [3.05, 3.63) is 58.6 Å². The number of halogens is 2. The number of hydrogen-bond donors (Lipinski definition) is 2. The van der Waals surface area contributed by atoms with Gasteiger partial charge in [-0.2, -0.15) is 0 Å². The number of likely N-dealkylation sites (N-methyl/N-ethyl adjacent to an activating group) is 1. The van der Waals surface area contributed by atoms with Gasteiger partial charge in [0.25, 0.3) is 0 Å². The Bertz CT molecular complexity index is 1600. The third kappa shape index (κ3) is 6.22. The van der Waals surface area contributed by atoms with Crippen LogP contribution in [0.1, 0.15) is 18.4 Å². The van der Waals surface area contributed by atoms with Crippen molar-refractivity contribution in [2.75, 3.05) is 70.2 Å². The largest absolute Gasteiger partial charge is 0.494 e. The predicted octanol–water partition coefficient (Wildman–Crippen LogP) is 5.27. The Hall–Kier alpha value is -3.25. The maximum absolute atomic E-state index is 14.3. The molecule has 228 valence electrons. The van der Waals surface area contributed by atoms with Crippen molar-refractivity contribution in [3.63, 3.8) is 0 Å². The van der Waals surface area contributed by atoms with Gasteiger partial charge in [0.15, 0.2) is 0 Å². The first kappa shape index (κ1) is 29.8. The number of ether oxygens (including phenoxy) is 1. The zero-order valence-corrected chi connectivity index (χ0v) is 26.6. The molecule has 9 nitrogen and oxygen atoms in total. The second-order valence-electron chi connectivity index (χ2n) is 11.5. The van der Waals surface area contributed by atoms with Crippen LogP contribution in [0.15, 0.2) is 47.2 Å². The molecule has 0 aliphatic carbocycles. The van der Waals surface area contributed by atoms with Crippen LogP contribution in [0.2, 0.25) is 0 Å². The zero-order chi connectivity index (χ0) is 30.1. The Labute approximate surface area is 260 Å². The van der Waals surface area contributed by atoms with Gasteiger partial charge in [0.2, 0.25) is 5.95 Å². The number of aryl methyl sites for hydroxylation is 1. The molecule has 2 fully saturated rings. The molecule has 0 unspecified atom stereocenters. The summed E-state index contributed by atoms with van der Waals surface area (Å²) in [5.74, 6) is 0.787. The first-order valence-corrected chi connectivity index (χ1v) is 15.7. The van der Waals surface area contributed by atoms with E-state index in [0.717, 1.165) is 67.3 Å². The highest BCUT2D eigenvalue weighted by atomic mass is 79.9. The van der Waals surface area contributed by atoms with Gasteiger partial charge in [-0.3, -0.25) is 4.90 Å². The van der Waals surface area contributed by atoms with E-state index in [-0.39, 0.29) is 12.4 Å². The van der Waals surface area contributed by atoms with Gasteiger partial charge < -0.3 is 29.5 Å². The summed E-state index contributed by atoms with van der Waals surface area (Å²) >= 11 is 3.59. The molecule has 2 saturated heterocycles. The Morgan fingerprint density at radius 2 is 1.86 bits per heavy atom. The van der Waals surface area contributed by atoms with E-state index in [1.54, 1.807) is 19.4 Å². The number of nitrogens with zero attached hydrogens (tertiary/aromatic N) is 6. The highest BCUT2D eigenvalue weighted by Crippen LogP contribution is 2.38. The van der Waals surface area contributed by atoms with Crippen LogP contribution in [0, 0.1) is 12.7 Å². The van der Waals surface area contributed by atoms with Gasteiger partial charge in [-0.15, -0.1) is 0 Å². The number of hydrogen-bond acceptors (Lipinski definition) is 8. The molecule has 2 aromatic heterocycles. The Balaban J connectivity index is 1.23. The fraction of sp³-hybridized carbons (Fsp3) is 0.438. The van der Waals surface area contributed by atoms with Crippen molar-refractivity contribution in [2.24, 2.45) is 0 Å². The highest BCUT2D eigenvalue weighted by Gasteiger charge is 2.28. The van der Waals surface area contributed by atoms with E-state index in [4.69, 9.17) is 9.72 Å². The predicted molar refractivity (Wildman–Crippen MR) is 173 cm³/mol. The summed E-state index contributed by atoms with van der Waals surface area (Å²) in [5.41, 5.74) is 5.32. The van der Waals surface area contributed by atoms with Gasteiger partial charge in [0.05, 0.1) is 29.6 Å². The van der Waals surface area contributed by atoms with E-state index in [9.17, 15) is 9.50 Å². The molecule has 4 aromatic rings. The number of aromatic nitrogens is 3. The van der Waals surface area contributed by atoms with E-state index in [1.165, 1.54) is 30.7 Å². The van der Waals surface area contributed by atoms with Gasteiger partial charge in [0.1, 0.15) is 11.6 Å². The van der Waals surface area contributed by atoms with Crippen LogP contribution >= 0.6 is 15.9 Å². The van der Waals surface area contributed by atoms with Crippen molar-refractivity contribution < 1.29 is 14.2 Å². The molecule has 0 spiro atoms. The number of aliphatic hydroxyl groups excluding tert-OH is 1. The molecule has 11 heteroatoms. The molecule has 0 bridgehead atoms. The molecule has 6 rings (SSSR count). The third-order valence-corrected chi connectivity index (χ3v) is 9.39. The van der Waals surface area contributed by atoms with E-state index in [1.807, 2.05) is 10.8 Å². The van der Waals surface area contributed by atoms with Crippen LogP contribution in [0.4, 0.5) is 21.7 Å². The summed E-state index contributed by atoms with van der Waals surface area (Å²) in [5, 5.41) is 13.6. The number of fused-ring (bicyclic) bond motifs is 1. The fourth-order valence-corrected chi connectivity index (χ4v) is 6.84. The number of piperazine rings is 1. The molecule has 2 aliphatic heterocycles. The smallest absolute Gasteiger partial charge is 0.227 e. The van der Waals surface area contributed by atoms with Crippen molar-refractivity contribution in [3.8, 4) is 17.0 Å². The number of nitrogens with one attached hydrogen (secondary N) is 1. The second kappa shape index (κ2) is 12.8.